The van der Waals surface area contributed by atoms with E-state index < -0.39 is 30.0 Å². The summed E-state index contributed by atoms with van der Waals surface area (Å²) in [7, 11) is -9.66. The van der Waals surface area contributed by atoms with Gasteiger partial charge in [0.25, 0.3) is 20.2 Å². The fraction of sp³-hybridized carbons (Fsp3) is 0.0769. The minimum Gasteiger partial charge on any atom is -0.282 e. The Morgan fingerprint density at radius 1 is 0.810 bits per heavy atom. The highest BCUT2D eigenvalue weighted by Gasteiger charge is 2.28. The maximum atomic E-state index is 11.6. The van der Waals surface area contributed by atoms with Gasteiger partial charge in [0.15, 0.2) is 0 Å². The number of aryl methyl sites for hydroxylation is 1. The summed E-state index contributed by atoms with van der Waals surface area (Å²) in [5.74, 6) is 0. The molecule has 0 saturated carbocycles. The zero-order chi connectivity index (χ0) is 15.8. The first-order valence-corrected chi connectivity index (χ1v) is 8.64. The van der Waals surface area contributed by atoms with Crippen molar-refractivity contribution < 1.29 is 25.9 Å². The van der Waals surface area contributed by atoms with Gasteiger partial charge in [-0.15, -0.1) is 0 Å². The van der Waals surface area contributed by atoms with Crippen molar-refractivity contribution in [2.75, 3.05) is 0 Å². The quantitative estimate of drug-likeness (QED) is 0.836. The van der Waals surface area contributed by atoms with Crippen molar-refractivity contribution in [3.05, 3.63) is 48.0 Å². The molecule has 0 radical (unpaired) electrons. The van der Waals surface area contributed by atoms with Crippen molar-refractivity contribution in [1.29, 1.82) is 0 Å². The lowest BCUT2D eigenvalue weighted by Crippen LogP contribution is -2.11. The van der Waals surface area contributed by atoms with Crippen LogP contribution in [0.5, 0.6) is 0 Å². The number of hydrogen-bond donors (Lipinski definition) is 2. The number of rotatable bonds is 3. The fourth-order valence-electron chi connectivity index (χ4n) is 2.08. The number of benzene rings is 2. The normalized spacial score (nSPS) is 12.3. The van der Waals surface area contributed by atoms with Gasteiger partial charge in [0, 0.05) is 5.56 Å². The zero-order valence-corrected chi connectivity index (χ0v) is 12.5. The molecular weight excluding hydrogens is 316 g/mol. The molecule has 0 aromatic heterocycles. The smallest absolute Gasteiger partial charge is 0.282 e. The molecule has 21 heavy (non-hydrogen) atoms. The first kappa shape index (κ1) is 15.6. The summed E-state index contributed by atoms with van der Waals surface area (Å²) in [4.78, 5) is -1.68. The lowest BCUT2D eigenvalue weighted by atomic mass is 10.0. The Morgan fingerprint density at radius 3 is 1.86 bits per heavy atom. The summed E-state index contributed by atoms with van der Waals surface area (Å²) in [6, 6.07) is 10.4. The maximum Gasteiger partial charge on any atom is 0.296 e. The highest BCUT2D eigenvalue weighted by Crippen LogP contribution is 2.35. The molecule has 0 aliphatic rings. The van der Waals surface area contributed by atoms with E-state index in [1.807, 2.05) is 0 Å². The third-order valence-corrected chi connectivity index (χ3v) is 4.89. The van der Waals surface area contributed by atoms with Gasteiger partial charge < -0.3 is 0 Å². The fourth-order valence-corrected chi connectivity index (χ4v) is 4.15. The van der Waals surface area contributed by atoms with E-state index in [1.165, 1.54) is 6.07 Å². The summed E-state index contributed by atoms with van der Waals surface area (Å²) >= 11 is 0. The first-order valence-electron chi connectivity index (χ1n) is 5.76. The summed E-state index contributed by atoms with van der Waals surface area (Å²) in [6.07, 6.45) is 0. The molecule has 0 bridgehead atoms. The van der Waals surface area contributed by atoms with Crippen LogP contribution in [0.1, 0.15) is 5.56 Å². The Balaban J connectivity index is 3.01. The largest absolute Gasteiger partial charge is 0.296 e. The molecule has 112 valence electrons. The molecule has 0 aliphatic carbocycles. The van der Waals surface area contributed by atoms with Crippen molar-refractivity contribution in [3.63, 3.8) is 0 Å². The van der Waals surface area contributed by atoms with Crippen LogP contribution < -0.4 is 0 Å². The van der Waals surface area contributed by atoms with Crippen molar-refractivity contribution >= 4 is 20.2 Å². The standard InChI is InChI=1S/C13H12O6S2/c1-9-7-8-11(20(14,15)16)13(21(17,18)19)12(9)10-5-3-2-4-6-10/h2-8H,1H3,(H,14,15,16)(H,17,18,19). The van der Waals surface area contributed by atoms with Gasteiger partial charge in [-0.3, -0.25) is 9.11 Å². The Bertz CT molecular complexity index is 884. The van der Waals surface area contributed by atoms with Crippen molar-refractivity contribution in [3.8, 4) is 11.1 Å². The van der Waals surface area contributed by atoms with Crippen LogP contribution >= 0.6 is 0 Å². The van der Waals surface area contributed by atoms with Crippen LogP contribution in [0.4, 0.5) is 0 Å². The summed E-state index contributed by atoms with van der Waals surface area (Å²) < 4.78 is 64.6. The van der Waals surface area contributed by atoms with Gasteiger partial charge in [0.05, 0.1) is 0 Å². The molecule has 0 spiro atoms. The van der Waals surface area contributed by atoms with Crippen molar-refractivity contribution in [1.82, 2.24) is 0 Å². The predicted octanol–water partition coefficient (Wildman–Crippen LogP) is 2.16. The minimum atomic E-state index is -4.86. The Labute approximate surface area is 122 Å². The van der Waals surface area contributed by atoms with Gasteiger partial charge in [-0.2, -0.15) is 16.8 Å². The number of hydrogen-bond acceptors (Lipinski definition) is 4. The summed E-state index contributed by atoms with van der Waals surface area (Å²) in [5, 5.41) is 0. The molecule has 0 fully saturated rings. The second-order valence-corrected chi connectivity index (χ2v) is 7.15. The molecule has 0 aliphatic heterocycles. The topological polar surface area (TPSA) is 109 Å². The molecule has 0 saturated heterocycles. The van der Waals surface area contributed by atoms with Gasteiger partial charge in [-0.25, -0.2) is 0 Å². The predicted molar refractivity (Wildman–Crippen MR) is 76.2 cm³/mol. The van der Waals surface area contributed by atoms with E-state index in [1.54, 1.807) is 37.3 Å². The van der Waals surface area contributed by atoms with Crippen LogP contribution in [0.2, 0.25) is 0 Å². The Morgan fingerprint density at radius 2 is 1.38 bits per heavy atom. The van der Waals surface area contributed by atoms with Crippen LogP contribution in [0.25, 0.3) is 11.1 Å². The van der Waals surface area contributed by atoms with E-state index in [0.717, 1.165) is 6.07 Å². The highest BCUT2D eigenvalue weighted by molar-refractivity contribution is 7.89. The maximum absolute atomic E-state index is 11.6. The van der Waals surface area contributed by atoms with E-state index in [0.29, 0.717) is 11.1 Å². The molecule has 8 heteroatoms. The molecule has 0 heterocycles. The van der Waals surface area contributed by atoms with E-state index in [2.05, 4.69) is 0 Å². The molecule has 2 aromatic carbocycles. The van der Waals surface area contributed by atoms with Crippen LogP contribution in [0.3, 0.4) is 0 Å². The molecule has 2 N–H and O–H groups in total. The van der Waals surface area contributed by atoms with Gasteiger partial charge in [-0.1, -0.05) is 36.4 Å². The van der Waals surface area contributed by atoms with E-state index in [9.17, 15) is 25.9 Å². The second-order valence-electron chi connectivity index (χ2n) is 4.40. The second kappa shape index (κ2) is 5.23. The zero-order valence-electron chi connectivity index (χ0n) is 10.9. The van der Waals surface area contributed by atoms with Crippen molar-refractivity contribution in [2.45, 2.75) is 16.7 Å². The molecule has 2 rings (SSSR count). The molecule has 0 amide bonds. The summed E-state index contributed by atoms with van der Waals surface area (Å²) in [5.41, 5.74) is 0.891. The van der Waals surface area contributed by atoms with Gasteiger partial charge in [0.1, 0.15) is 9.79 Å². The van der Waals surface area contributed by atoms with E-state index >= 15 is 0 Å². The average molecular weight is 328 g/mol. The van der Waals surface area contributed by atoms with Gasteiger partial charge >= 0.3 is 0 Å². The molecule has 6 nitrogen and oxygen atoms in total. The molecular formula is C13H12O6S2. The minimum absolute atomic E-state index is 0.0354. The lowest BCUT2D eigenvalue weighted by molar-refractivity contribution is 0.467. The third kappa shape index (κ3) is 3.13. The average Bonchev–Trinajstić information content (AvgIpc) is 2.36. The van der Waals surface area contributed by atoms with Crippen LogP contribution in [0, 0.1) is 6.92 Å². The monoisotopic (exact) mass is 328 g/mol. The Kier molecular flexibility index (Phi) is 3.89. The SMILES string of the molecule is Cc1ccc(S(=O)(=O)O)c(S(=O)(=O)O)c1-c1ccccc1. The van der Waals surface area contributed by atoms with E-state index in [-0.39, 0.29) is 5.56 Å². The lowest BCUT2D eigenvalue weighted by Gasteiger charge is -2.14. The van der Waals surface area contributed by atoms with Gasteiger partial charge in [-0.05, 0) is 24.1 Å². The van der Waals surface area contributed by atoms with Gasteiger partial charge in [0.2, 0.25) is 0 Å². The van der Waals surface area contributed by atoms with E-state index in [4.69, 9.17) is 0 Å². The summed E-state index contributed by atoms with van der Waals surface area (Å²) in [6.45, 7) is 1.57. The van der Waals surface area contributed by atoms with Crippen LogP contribution in [0.15, 0.2) is 52.3 Å². The Hall–Kier alpha value is -1.74. The first-order chi connectivity index (χ1) is 9.62. The van der Waals surface area contributed by atoms with Crippen LogP contribution in [-0.4, -0.2) is 25.9 Å². The molecule has 2 aromatic rings. The molecule has 0 unspecified atom stereocenters. The van der Waals surface area contributed by atoms with Crippen LogP contribution in [-0.2, 0) is 20.2 Å². The highest BCUT2D eigenvalue weighted by atomic mass is 32.2. The van der Waals surface area contributed by atoms with Crippen molar-refractivity contribution in [2.24, 2.45) is 0 Å². The molecule has 0 atom stereocenters. The third-order valence-electron chi connectivity index (χ3n) is 2.93.